The minimum atomic E-state index is -3.70. The number of anilines is 10. The minimum Gasteiger partial charge on any atom is -0.378 e. The summed E-state index contributed by atoms with van der Waals surface area (Å²) in [6, 6.07) is 29.6. The normalized spacial score (nSPS) is 13.8. The second kappa shape index (κ2) is 23.3. The molecule has 0 saturated carbocycles. The van der Waals surface area contributed by atoms with Gasteiger partial charge in [0.05, 0.1) is 31.3 Å². The average molecular weight is 907 g/mol. The topological polar surface area (TPSA) is 205 Å². The lowest BCUT2D eigenvalue weighted by Gasteiger charge is -2.27. The number of nitrogens with zero attached hydrogens (tertiary/aromatic N) is 8. The van der Waals surface area contributed by atoms with Crippen LogP contribution in [0.4, 0.5) is 58.4 Å². The van der Waals surface area contributed by atoms with Crippen molar-refractivity contribution in [2.24, 2.45) is 0 Å². The molecular weight excluding hydrogens is 853 g/mol. The monoisotopic (exact) mass is 906 g/mol. The first-order valence-electron chi connectivity index (χ1n) is 21.1. The molecule has 2 fully saturated rings. The van der Waals surface area contributed by atoms with Crippen LogP contribution in [-0.2, 0) is 19.3 Å². The molecule has 17 nitrogen and oxygen atoms in total. The van der Waals surface area contributed by atoms with Crippen LogP contribution in [0.2, 0.25) is 0 Å². The fraction of sp³-hybridized carbons (Fsp3) is 0.289. The maximum Gasteiger partial charge on any atom is 0.233 e. The van der Waals surface area contributed by atoms with Gasteiger partial charge in [-0.3, -0.25) is 0 Å². The Hall–Kier alpha value is -6.38. The van der Waals surface area contributed by atoms with E-state index in [1.807, 2.05) is 110 Å². The van der Waals surface area contributed by atoms with Crippen molar-refractivity contribution in [2.45, 2.75) is 37.5 Å². The van der Waals surface area contributed by atoms with E-state index in [0.717, 1.165) is 17.6 Å². The summed E-state index contributed by atoms with van der Waals surface area (Å²) in [5, 5.41) is 12.9. The van der Waals surface area contributed by atoms with Gasteiger partial charge in [-0.1, -0.05) is 88.4 Å². The standard InChI is InChI=1S/C41H42N12O5S2.2C2H6/c1-60(55,56)35-27-33(45-39-47-37(43-31-10-6-3-7-11-31)49-41(51-39)53-20-24-58-25-21-53)17-15-29(35)13-12-28-14-16-32(26-34(28)59-54)44-38-46-36(42-30-8-4-2-5-9-30)48-40(50-38)52-18-22-57-23-19-52;2*1-2/h2-17,26-27,54H,18-25H2,1H3,(H2,42,44,46,48,50)(H2,43,45,47,49,51);2*1-2H3/b13-12+;;. The summed E-state index contributed by atoms with van der Waals surface area (Å²) in [7, 11) is -3.70. The molecular formula is C45H54N12O5S2. The third-order valence-corrected chi connectivity index (χ3v) is 11.1. The largest absolute Gasteiger partial charge is 0.378 e. The van der Waals surface area contributed by atoms with Crippen LogP contribution < -0.4 is 31.1 Å². The minimum absolute atomic E-state index is 0.0937. The van der Waals surface area contributed by atoms with Crippen LogP contribution in [0.5, 0.6) is 0 Å². The van der Waals surface area contributed by atoms with Gasteiger partial charge in [-0.2, -0.15) is 29.9 Å². The molecule has 2 aliphatic rings. The van der Waals surface area contributed by atoms with Gasteiger partial charge in [0.15, 0.2) is 9.84 Å². The summed E-state index contributed by atoms with van der Waals surface area (Å²) in [6.45, 7) is 12.8. The zero-order valence-corrected chi connectivity index (χ0v) is 38.2. The molecule has 0 spiro atoms. The molecule has 0 unspecified atom stereocenters. The predicted molar refractivity (Wildman–Crippen MR) is 258 cm³/mol. The van der Waals surface area contributed by atoms with Gasteiger partial charge < -0.3 is 45.1 Å². The second-order valence-electron chi connectivity index (χ2n) is 13.7. The SMILES string of the molecule is CC.CC.CS(=O)(=O)c1cc(Nc2nc(Nc3ccccc3)nc(N3CCOCC3)n2)ccc1/C=C/c1ccc(Nc2nc(Nc3ccccc3)nc(N3CCOCC3)n2)cc1SO. The first kappa shape index (κ1) is 47.1. The molecule has 0 atom stereocenters. The Bertz CT molecular complexity index is 2560. The number of morpholine rings is 2. The highest BCUT2D eigenvalue weighted by Gasteiger charge is 2.20. The molecule has 64 heavy (non-hydrogen) atoms. The highest BCUT2D eigenvalue weighted by atomic mass is 32.2. The van der Waals surface area contributed by atoms with E-state index < -0.39 is 9.84 Å². The van der Waals surface area contributed by atoms with Gasteiger partial charge in [0.1, 0.15) is 0 Å². The van der Waals surface area contributed by atoms with Crippen molar-refractivity contribution in [3.05, 3.63) is 108 Å². The highest BCUT2D eigenvalue weighted by Crippen LogP contribution is 2.30. The first-order chi connectivity index (χ1) is 31.3. The Morgan fingerprint density at radius 3 is 1.36 bits per heavy atom. The summed E-state index contributed by atoms with van der Waals surface area (Å²) >= 11 is 0.571. The van der Waals surface area contributed by atoms with Crippen LogP contribution >= 0.6 is 12.0 Å². The lowest BCUT2D eigenvalue weighted by atomic mass is 10.1. The van der Waals surface area contributed by atoms with Crippen LogP contribution in [0.25, 0.3) is 12.2 Å². The molecule has 2 aliphatic heterocycles. The van der Waals surface area contributed by atoms with E-state index in [2.05, 4.69) is 46.2 Å². The fourth-order valence-corrected chi connectivity index (χ4v) is 7.73. The van der Waals surface area contributed by atoms with Gasteiger partial charge in [0, 0.05) is 72.1 Å². The lowest BCUT2D eigenvalue weighted by molar-refractivity contribution is 0.122. The molecule has 2 aromatic heterocycles. The fourth-order valence-electron chi connectivity index (χ4n) is 6.40. The van der Waals surface area contributed by atoms with Gasteiger partial charge in [0.25, 0.3) is 0 Å². The molecule has 0 aliphatic carbocycles. The number of aromatic nitrogens is 6. The van der Waals surface area contributed by atoms with E-state index in [9.17, 15) is 13.0 Å². The van der Waals surface area contributed by atoms with Gasteiger partial charge in [-0.05, 0) is 59.7 Å². The van der Waals surface area contributed by atoms with E-state index in [-0.39, 0.29) is 10.8 Å². The number of para-hydroxylation sites is 2. The van der Waals surface area contributed by atoms with Crippen LogP contribution in [0.1, 0.15) is 38.8 Å². The Balaban J connectivity index is 0.00000165. The smallest absolute Gasteiger partial charge is 0.233 e. The first-order valence-corrected chi connectivity index (χ1v) is 23.8. The van der Waals surface area contributed by atoms with Crippen molar-refractivity contribution in [1.29, 1.82) is 0 Å². The number of ether oxygens (including phenoxy) is 2. The maximum absolute atomic E-state index is 13.2. The number of sulfone groups is 1. The molecule has 0 bridgehead atoms. The van der Waals surface area contributed by atoms with Gasteiger partial charge >= 0.3 is 0 Å². The van der Waals surface area contributed by atoms with E-state index in [0.29, 0.717) is 122 Å². The van der Waals surface area contributed by atoms with Crippen molar-refractivity contribution >= 4 is 92.5 Å². The van der Waals surface area contributed by atoms with Crippen molar-refractivity contribution in [3.63, 3.8) is 0 Å². The van der Waals surface area contributed by atoms with Crippen molar-refractivity contribution in [1.82, 2.24) is 29.9 Å². The maximum atomic E-state index is 13.2. The van der Waals surface area contributed by atoms with E-state index >= 15 is 0 Å². The Morgan fingerprint density at radius 1 is 0.547 bits per heavy atom. The third-order valence-electron chi connectivity index (χ3n) is 9.37. The molecule has 4 aromatic carbocycles. The van der Waals surface area contributed by atoms with Gasteiger partial charge in [0.2, 0.25) is 35.7 Å². The number of hydrogen-bond acceptors (Lipinski definition) is 18. The molecule has 19 heteroatoms. The summed E-state index contributed by atoms with van der Waals surface area (Å²) in [5.74, 6) is 2.22. The Kier molecular flexibility index (Phi) is 17.2. The molecule has 5 N–H and O–H groups in total. The van der Waals surface area contributed by atoms with E-state index in [1.54, 1.807) is 36.4 Å². The molecule has 0 radical (unpaired) electrons. The van der Waals surface area contributed by atoms with Crippen LogP contribution in [0.15, 0.2) is 107 Å². The summed E-state index contributed by atoms with van der Waals surface area (Å²) in [5.41, 5.74) is 3.83. The Labute approximate surface area is 379 Å². The van der Waals surface area contributed by atoms with Crippen LogP contribution in [0.3, 0.4) is 0 Å². The predicted octanol–water partition coefficient (Wildman–Crippen LogP) is 8.90. The number of rotatable bonds is 14. The van der Waals surface area contributed by atoms with E-state index in [4.69, 9.17) is 14.5 Å². The van der Waals surface area contributed by atoms with Gasteiger partial charge in [-0.15, -0.1) is 0 Å². The number of hydrogen-bond donors (Lipinski definition) is 5. The molecule has 4 heterocycles. The summed E-state index contributed by atoms with van der Waals surface area (Å²) in [4.78, 5) is 32.5. The molecule has 336 valence electrons. The van der Waals surface area contributed by atoms with Crippen LogP contribution in [-0.4, -0.2) is 102 Å². The zero-order chi connectivity index (χ0) is 45.3. The quantitative estimate of drug-likeness (QED) is 0.0511. The second-order valence-corrected chi connectivity index (χ2v) is 16.3. The zero-order valence-electron chi connectivity index (χ0n) is 36.5. The molecule has 0 amide bonds. The lowest BCUT2D eigenvalue weighted by Crippen LogP contribution is -2.37. The molecule has 8 rings (SSSR count). The van der Waals surface area contributed by atoms with Crippen LogP contribution in [0, 0.1) is 0 Å². The molecule has 6 aromatic rings. The van der Waals surface area contributed by atoms with Crippen molar-refractivity contribution in [2.75, 3.05) is 89.9 Å². The summed E-state index contributed by atoms with van der Waals surface area (Å²) < 4.78 is 47.7. The molecule has 2 saturated heterocycles. The summed E-state index contributed by atoms with van der Waals surface area (Å²) in [6.07, 6.45) is 4.61. The van der Waals surface area contributed by atoms with Gasteiger partial charge in [-0.25, -0.2) is 8.42 Å². The number of nitrogens with one attached hydrogen (secondary N) is 4. The van der Waals surface area contributed by atoms with E-state index in [1.165, 1.54) is 0 Å². The highest BCUT2D eigenvalue weighted by molar-refractivity contribution is 7.93. The average Bonchev–Trinajstić information content (AvgIpc) is 3.33. The van der Waals surface area contributed by atoms with Crippen molar-refractivity contribution in [3.8, 4) is 0 Å². The Morgan fingerprint density at radius 2 is 0.938 bits per heavy atom. The third kappa shape index (κ3) is 13.1. The number of benzene rings is 4. The van der Waals surface area contributed by atoms with Crippen molar-refractivity contribution < 1.29 is 22.4 Å².